The molecule has 2 unspecified atom stereocenters. The molecule has 0 bridgehead atoms. The van der Waals surface area contributed by atoms with Crippen molar-refractivity contribution in [2.45, 2.75) is 32.1 Å². The van der Waals surface area contributed by atoms with Crippen LogP contribution in [0.4, 0.5) is 0 Å². The van der Waals surface area contributed by atoms with Gasteiger partial charge < -0.3 is 0 Å². The first-order valence-electron chi connectivity index (χ1n) is 4.43. The normalized spacial score (nSPS) is 40.8. The summed E-state index contributed by atoms with van der Waals surface area (Å²) in [5.74, 6) is 2.05. The summed E-state index contributed by atoms with van der Waals surface area (Å²) in [7, 11) is 0. The first-order valence-corrected chi connectivity index (χ1v) is 4.43. The molecule has 0 aromatic rings. The molecule has 0 spiro atoms. The van der Waals surface area contributed by atoms with E-state index in [4.69, 9.17) is 0 Å². The molecule has 2 rings (SSSR count). The van der Waals surface area contributed by atoms with Gasteiger partial charge in [0.15, 0.2) is 0 Å². The van der Waals surface area contributed by atoms with Gasteiger partial charge in [0.1, 0.15) is 0 Å². The molecule has 2 aliphatic rings. The highest BCUT2D eigenvalue weighted by atomic mass is 14.3. The Morgan fingerprint density at radius 3 is 2.50 bits per heavy atom. The Morgan fingerprint density at radius 2 is 1.70 bits per heavy atom. The molecule has 0 heterocycles. The van der Waals surface area contributed by atoms with Crippen molar-refractivity contribution in [3.63, 3.8) is 0 Å². The quantitative estimate of drug-likeness (QED) is 0.479. The van der Waals surface area contributed by atoms with Gasteiger partial charge in [-0.25, -0.2) is 0 Å². The van der Waals surface area contributed by atoms with Crippen LogP contribution < -0.4 is 0 Å². The first-order chi connectivity index (χ1) is 4.97. The maximum Gasteiger partial charge on any atom is -0.0349 e. The molecule has 0 aliphatic heterocycles. The number of rotatable bonds is 0. The molecule has 0 nitrogen and oxygen atoms in total. The van der Waals surface area contributed by atoms with E-state index in [1.165, 1.54) is 32.1 Å². The maximum atomic E-state index is 2.47. The molecule has 55 valence electrons. The van der Waals surface area contributed by atoms with Crippen LogP contribution in [0.1, 0.15) is 32.1 Å². The van der Waals surface area contributed by atoms with Crippen LogP contribution in [-0.2, 0) is 0 Å². The molecule has 2 fully saturated rings. The largest absolute Gasteiger partial charge is 0.0499 e. The summed E-state index contributed by atoms with van der Waals surface area (Å²) in [4.78, 5) is 0. The lowest BCUT2D eigenvalue weighted by Crippen LogP contribution is -2.23. The van der Waals surface area contributed by atoms with E-state index >= 15 is 0 Å². The highest BCUT2D eigenvalue weighted by Gasteiger charge is 2.27. The van der Waals surface area contributed by atoms with Gasteiger partial charge in [-0.05, 0) is 63.2 Å². The highest BCUT2D eigenvalue weighted by Crippen LogP contribution is 2.38. The molecule has 2 saturated carbocycles. The van der Waals surface area contributed by atoms with E-state index in [0.717, 1.165) is 11.8 Å². The molecule has 10 heavy (non-hydrogen) atoms. The summed E-state index contributed by atoms with van der Waals surface area (Å²) in [6, 6.07) is 0. The molecule has 3 radical (unpaired) electrons. The van der Waals surface area contributed by atoms with Gasteiger partial charge in [0.25, 0.3) is 0 Å². The van der Waals surface area contributed by atoms with Crippen LogP contribution >= 0.6 is 0 Å². The lowest BCUT2D eigenvalue weighted by atomic mass is 9.71. The second-order valence-corrected chi connectivity index (χ2v) is 3.56. The van der Waals surface area contributed by atoms with E-state index < -0.39 is 0 Å². The average Bonchev–Trinajstić information content (AvgIpc) is 2.05. The summed E-state index contributed by atoms with van der Waals surface area (Å²) in [5.41, 5.74) is 0. The van der Waals surface area contributed by atoms with Crippen molar-refractivity contribution in [2.75, 3.05) is 0 Å². The van der Waals surface area contributed by atoms with Crippen LogP contribution in [0.2, 0.25) is 0 Å². The number of fused-ring (bicyclic) bond motifs is 1. The third kappa shape index (κ3) is 1.21. The van der Waals surface area contributed by atoms with Crippen molar-refractivity contribution in [1.82, 2.24) is 0 Å². The standard InChI is InChI=1S/C10H15/c1-2-6-10-8-4-3-7-9(10)5-1/h1-3,9-10H,4-8H2. The van der Waals surface area contributed by atoms with Gasteiger partial charge in [-0.2, -0.15) is 0 Å². The number of hydrogen-bond acceptors (Lipinski definition) is 0. The number of hydrogen-bond donors (Lipinski definition) is 0. The van der Waals surface area contributed by atoms with Crippen molar-refractivity contribution in [3.8, 4) is 0 Å². The Morgan fingerprint density at radius 1 is 0.900 bits per heavy atom. The van der Waals surface area contributed by atoms with Crippen LogP contribution in [0.5, 0.6) is 0 Å². The van der Waals surface area contributed by atoms with E-state index in [1.807, 2.05) is 0 Å². The molecule has 0 N–H and O–H groups in total. The Hall–Kier alpha value is 0. The van der Waals surface area contributed by atoms with Crippen molar-refractivity contribution in [2.24, 2.45) is 11.8 Å². The molecule has 2 aliphatic carbocycles. The molecule has 0 heteroatoms. The first kappa shape index (κ1) is 6.69. The van der Waals surface area contributed by atoms with E-state index in [0.29, 0.717) is 0 Å². The maximum absolute atomic E-state index is 2.47. The minimum atomic E-state index is 1.01. The predicted octanol–water partition coefficient (Wildman–Crippen LogP) is 2.81. The average molecular weight is 135 g/mol. The second-order valence-electron chi connectivity index (χ2n) is 3.56. The molecule has 0 aromatic carbocycles. The summed E-state index contributed by atoms with van der Waals surface area (Å²) >= 11 is 0. The van der Waals surface area contributed by atoms with Crippen molar-refractivity contribution >= 4 is 0 Å². The molecule has 0 saturated heterocycles. The predicted molar refractivity (Wildman–Crippen MR) is 43.0 cm³/mol. The Labute approximate surface area is 64.0 Å². The zero-order chi connectivity index (χ0) is 6.81. The Kier molecular flexibility index (Phi) is 1.97. The van der Waals surface area contributed by atoms with Crippen LogP contribution in [0.25, 0.3) is 0 Å². The van der Waals surface area contributed by atoms with E-state index in [1.54, 1.807) is 0 Å². The van der Waals surface area contributed by atoms with E-state index in [9.17, 15) is 0 Å². The molecular formula is C10H15. The zero-order valence-corrected chi connectivity index (χ0v) is 6.42. The summed E-state index contributed by atoms with van der Waals surface area (Å²) in [6.07, 6.45) is 14.1. The fourth-order valence-electron chi connectivity index (χ4n) is 2.23. The van der Waals surface area contributed by atoms with Gasteiger partial charge in [0.05, 0.1) is 0 Å². The van der Waals surface area contributed by atoms with Gasteiger partial charge in [-0.1, -0.05) is 0 Å². The van der Waals surface area contributed by atoms with Crippen molar-refractivity contribution in [3.05, 3.63) is 19.3 Å². The molecule has 0 aromatic heterocycles. The molecule has 2 atom stereocenters. The SMILES string of the molecule is [CH]1[CH]CC2CC[CH]CC2C1. The van der Waals surface area contributed by atoms with Gasteiger partial charge in [-0.3, -0.25) is 0 Å². The van der Waals surface area contributed by atoms with Crippen LogP contribution in [0, 0.1) is 31.1 Å². The fraction of sp³-hybridized carbons (Fsp3) is 0.700. The van der Waals surface area contributed by atoms with E-state index in [-0.39, 0.29) is 0 Å². The summed E-state index contributed by atoms with van der Waals surface area (Å²) < 4.78 is 0. The topological polar surface area (TPSA) is 0 Å². The lowest BCUT2D eigenvalue weighted by Gasteiger charge is -2.34. The van der Waals surface area contributed by atoms with Gasteiger partial charge in [0, 0.05) is 0 Å². The summed E-state index contributed by atoms with van der Waals surface area (Å²) in [5, 5.41) is 0. The fourth-order valence-corrected chi connectivity index (χ4v) is 2.23. The van der Waals surface area contributed by atoms with Crippen LogP contribution in [0.15, 0.2) is 0 Å². The third-order valence-electron chi connectivity index (χ3n) is 2.92. The summed E-state index contributed by atoms with van der Waals surface area (Å²) in [6.45, 7) is 0. The third-order valence-corrected chi connectivity index (χ3v) is 2.92. The highest BCUT2D eigenvalue weighted by molar-refractivity contribution is 4.99. The van der Waals surface area contributed by atoms with Crippen LogP contribution in [-0.4, -0.2) is 0 Å². The Balaban J connectivity index is 1.93. The second kappa shape index (κ2) is 2.94. The van der Waals surface area contributed by atoms with Crippen molar-refractivity contribution in [1.29, 1.82) is 0 Å². The Bertz CT molecular complexity index is 80.6. The van der Waals surface area contributed by atoms with Gasteiger partial charge in [-0.15, -0.1) is 0 Å². The smallest absolute Gasteiger partial charge is 0.0349 e. The van der Waals surface area contributed by atoms with Crippen LogP contribution in [0.3, 0.4) is 0 Å². The molecular weight excluding hydrogens is 120 g/mol. The zero-order valence-electron chi connectivity index (χ0n) is 6.42. The minimum Gasteiger partial charge on any atom is -0.0499 e. The minimum absolute atomic E-state index is 1.01. The van der Waals surface area contributed by atoms with Crippen molar-refractivity contribution < 1.29 is 0 Å². The molecule has 0 amide bonds. The van der Waals surface area contributed by atoms with E-state index in [2.05, 4.69) is 19.3 Å². The van der Waals surface area contributed by atoms with Gasteiger partial charge >= 0.3 is 0 Å². The lowest BCUT2D eigenvalue weighted by molar-refractivity contribution is 0.248. The van der Waals surface area contributed by atoms with Gasteiger partial charge in [0.2, 0.25) is 0 Å². The monoisotopic (exact) mass is 135 g/mol.